The van der Waals surface area contributed by atoms with Gasteiger partial charge in [-0.25, -0.2) is 8.42 Å². The van der Waals surface area contributed by atoms with E-state index < -0.39 is 10.0 Å². The van der Waals surface area contributed by atoms with E-state index >= 15 is 0 Å². The number of hydrogen-bond acceptors (Lipinski definition) is 3. The highest BCUT2D eigenvalue weighted by atomic mass is 32.2. The summed E-state index contributed by atoms with van der Waals surface area (Å²) in [6, 6.07) is 8.27. The summed E-state index contributed by atoms with van der Waals surface area (Å²) < 4.78 is 31.8. The van der Waals surface area contributed by atoms with Crippen molar-refractivity contribution >= 4 is 10.0 Å². The first-order valence-electron chi connectivity index (χ1n) is 7.87. The summed E-state index contributed by atoms with van der Waals surface area (Å²) in [4.78, 5) is 0. The highest BCUT2D eigenvalue weighted by molar-refractivity contribution is 7.89. The van der Waals surface area contributed by atoms with Crippen LogP contribution in [0.3, 0.4) is 0 Å². The van der Waals surface area contributed by atoms with E-state index in [4.69, 9.17) is 4.74 Å². The first-order valence-corrected chi connectivity index (χ1v) is 9.48. The summed E-state index contributed by atoms with van der Waals surface area (Å²) >= 11 is 0. The van der Waals surface area contributed by atoms with Crippen LogP contribution >= 0.6 is 0 Å². The van der Waals surface area contributed by atoms with Crippen LogP contribution in [0, 0.1) is 0 Å². The van der Waals surface area contributed by atoms with Gasteiger partial charge in [0.25, 0.3) is 0 Å². The van der Waals surface area contributed by atoms with Crippen LogP contribution in [0.25, 0.3) is 0 Å². The van der Waals surface area contributed by atoms with E-state index in [-0.39, 0.29) is 17.3 Å². The second-order valence-electron chi connectivity index (χ2n) is 7.05. The maximum absolute atomic E-state index is 12.4. The number of ether oxygens (including phenoxy) is 1. The molecule has 0 aromatic heterocycles. The third kappa shape index (κ3) is 4.54. The van der Waals surface area contributed by atoms with Crippen LogP contribution in [0.4, 0.5) is 0 Å². The van der Waals surface area contributed by atoms with Crippen LogP contribution in [0.2, 0.25) is 0 Å². The number of rotatable bonds is 4. The van der Waals surface area contributed by atoms with Gasteiger partial charge in [0.2, 0.25) is 10.0 Å². The van der Waals surface area contributed by atoms with Crippen molar-refractivity contribution in [2.45, 2.75) is 45.6 Å². The van der Waals surface area contributed by atoms with E-state index in [9.17, 15) is 8.42 Å². The van der Waals surface area contributed by atoms with Crippen LogP contribution < -0.4 is 0 Å². The Balaban J connectivity index is 1.97. The zero-order chi connectivity index (χ0) is 16.4. The van der Waals surface area contributed by atoms with Gasteiger partial charge in [0, 0.05) is 13.1 Å². The fraction of sp³-hybridized carbons (Fsp3) is 0.647. The molecule has 1 fully saturated rings. The summed E-state index contributed by atoms with van der Waals surface area (Å²) in [7, 11) is -3.20. The molecule has 0 spiro atoms. The lowest BCUT2D eigenvalue weighted by molar-refractivity contribution is 0.0102. The predicted octanol–water partition coefficient (Wildman–Crippen LogP) is 2.58. The highest BCUT2D eigenvalue weighted by Gasteiger charge is 2.27. The number of morpholine rings is 1. The van der Waals surface area contributed by atoms with Gasteiger partial charge in [0.1, 0.15) is 0 Å². The zero-order valence-corrected chi connectivity index (χ0v) is 14.8. The molecule has 1 aliphatic heterocycles. The van der Waals surface area contributed by atoms with Gasteiger partial charge < -0.3 is 4.74 Å². The van der Waals surface area contributed by atoms with E-state index in [1.54, 1.807) is 4.31 Å². The van der Waals surface area contributed by atoms with Crippen molar-refractivity contribution in [2.75, 3.05) is 25.4 Å². The van der Waals surface area contributed by atoms with Crippen molar-refractivity contribution in [2.24, 2.45) is 0 Å². The average Bonchev–Trinajstić information content (AvgIpc) is 2.45. The van der Waals surface area contributed by atoms with E-state index in [0.29, 0.717) is 26.1 Å². The molecule has 0 aliphatic carbocycles. The maximum atomic E-state index is 12.4. The van der Waals surface area contributed by atoms with E-state index in [1.807, 2.05) is 19.1 Å². The standard InChI is InChI=1S/C17H27NO3S/c1-14-13-18(10-11-21-14)22(19,20)12-9-15-5-7-16(8-6-15)17(2,3)4/h5-8,14H,9-13H2,1-4H3. The third-order valence-electron chi connectivity index (χ3n) is 4.07. The van der Waals surface area contributed by atoms with Crippen molar-refractivity contribution in [1.82, 2.24) is 4.31 Å². The third-order valence-corrected chi connectivity index (χ3v) is 5.90. The Kier molecular flexibility index (Phi) is 5.30. The minimum absolute atomic E-state index is 0.0189. The van der Waals surface area contributed by atoms with Crippen molar-refractivity contribution in [1.29, 1.82) is 0 Å². The molecule has 0 N–H and O–H groups in total. The molecule has 1 aromatic carbocycles. The van der Waals surface area contributed by atoms with Crippen molar-refractivity contribution < 1.29 is 13.2 Å². The predicted molar refractivity (Wildman–Crippen MR) is 89.6 cm³/mol. The molecule has 124 valence electrons. The number of aryl methyl sites for hydroxylation is 1. The van der Waals surface area contributed by atoms with E-state index in [0.717, 1.165) is 5.56 Å². The smallest absolute Gasteiger partial charge is 0.214 e. The molecule has 0 saturated carbocycles. The second kappa shape index (κ2) is 6.69. The minimum Gasteiger partial charge on any atom is -0.376 e. The van der Waals surface area contributed by atoms with Crippen molar-refractivity contribution in [3.8, 4) is 0 Å². The zero-order valence-electron chi connectivity index (χ0n) is 14.0. The van der Waals surface area contributed by atoms with Crippen LogP contribution in [-0.2, 0) is 26.6 Å². The molecule has 1 aromatic rings. The van der Waals surface area contributed by atoms with Gasteiger partial charge in [0.05, 0.1) is 18.5 Å². The monoisotopic (exact) mass is 325 g/mol. The van der Waals surface area contributed by atoms with Gasteiger partial charge in [-0.1, -0.05) is 45.0 Å². The highest BCUT2D eigenvalue weighted by Crippen LogP contribution is 2.22. The number of benzene rings is 1. The molecule has 1 unspecified atom stereocenters. The van der Waals surface area contributed by atoms with Gasteiger partial charge in [-0.2, -0.15) is 4.31 Å². The molecule has 4 nitrogen and oxygen atoms in total. The fourth-order valence-corrected chi connectivity index (χ4v) is 4.13. The molecular formula is C17H27NO3S. The van der Waals surface area contributed by atoms with Gasteiger partial charge >= 0.3 is 0 Å². The normalized spacial score (nSPS) is 21.0. The molecular weight excluding hydrogens is 298 g/mol. The summed E-state index contributed by atoms with van der Waals surface area (Å²) in [5.74, 6) is 0.161. The molecule has 0 amide bonds. The first-order chi connectivity index (χ1) is 10.2. The van der Waals surface area contributed by atoms with Crippen LogP contribution in [0.5, 0.6) is 0 Å². The van der Waals surface area contributed by atoms with E-state index in [2.05, 4.69) is 32.9 Å². The SMILES string of the molecule is CC1CN(S(=O)(=O)CCc2ccc(C(C)(C)C)cc2)CCO1. The molecule has 22 heavy (non-hydrogen) atoms. The first kappa shape index (κ1) is 17.4. The van der Waals surface area contributed by atoms with Crippen LogP contribution in [0.1, 0.15) is 38.8 Å². The van der Waals surface area contributed by atoms with Crippen molar-refractivity contribution in [3.05, 3.63) is 35.4 Å². The Bertz CT molecular complexity index is 587. The largest absolute Gasteiger partial charge is 0.376 e. The Hall–Kier alpha value is -0.910. The quantitative estimate of drug-likeness (QED) is 0.855. The van der Waals surface area contributed by atoms with Crippen molar-refractivity contribution in [3.63, 3.8) is 0 Å². The van der Waals surface area contributed by atoms with Gasteiger partial charge in [0.15, 0.2) is 0 Å². The lowest BCUT2D eigenvalue weighted by atomic mass is 9.86. The number of nitrogens with zero attached hydrogens (tertiary/aromatic N) is 1. The number of sulfonamides is 1. The van der Waals surface area contributed by atoms with Crippen LogP contribution in [0.15, 0.2) is 24.3 Å². The van der Waals surface area contributed by atoms with Crippen LogP contribution in [-0.4, -0.2) is 44.3 Å². The maximum Gasteiger partial charge on any atom is 0.214 e. The van der Waals surface area contributed by atoms with E-state index in [1.165, 1.54) is 5.56 Å². The summed E-state index contributed by atoms with van der Waals surface area (Å²) in [5.41, 5.74) is 2.45. The van der Waals surface area contributed by atoms with Gasteiger partial charge in [-0.15, -0.1) is 0 Å². The molecule has 1 heterocycles. The summed E-state index contributed by atoms with van der Waals surface area (Å²) in [5, 5.41) is 0. The average molecular weight is 325 g/mol. The molecule has 2 rings (SSSR count). The molecule has 5 heteroatoms. The van der Waals surface area contributed by atoms with Gasteiger partial charge in [-0.05, 0) is 29.9 Å². The Labute approximate surface area is 134 Å². The Morgan fingerprint density at radius 3 is 2.41 bits per heavy atom. The molecule has 1 aliphatic rings. The lowest BCUT2D eigenvalue weighted by Crippen LogP contribution is -2.45. The molecule has 1 saturated heterocycles. The molecule has 0 radical (unpaired) electrons. The molecule has 1 atom stereocenters. The Morgan fingerprint density at radius 2 is 1.86 bits per heavy atom. The molecule has 0 bridgehead atoms. The second-order valence-corrected chi connectivity index (χ2v) is 9.14. The number of hydrogen-bond donors (Lipinski definition) is 0. The minimum atomic E-state index is -3.20. The summed E-state index contributed by atoms with van der Waals surface area (Å²) in [6.45, 7) is 9.85. The Morgan fingerprint density at radius 1 is 1.23 bits per heavy atom. The topological polar surface area (TPSA) is 46.6 Å². The fourth-order valence-electron chi connectivity index (χ4n) is 2.59. The summed E-state index contributed by atoms with van der Waals surface area (Å²) in [6.07, 6.45) is 0.535. The lowest BCUT2D eigenvalue weighted by Gasteiger charge is -2.30. The van der Waals surface area contributed by atoms with Gasteiger partial charge in [-0.3, -0.25) is 0 Å².